The Hall–Kier alpha value is -0.640. The molecule has 3 nitrogen and oxygen atoms in total. The van der Waals surface area contributed by atoms with Crippen molar-refractivity contribution in [2.24, 2.45) is 0 Å². The van der Waals surface area contributed by atoms with Crippen LogP contribution in [0.2, 0.25) is 0 Å². The van der Waals surface area contributed by atoms with Crippen molar-refractivity contribution in [1.29, 1.82) is 0 Å². The van der Waals surface area contributed by atoms with Crippen molar-refractivity contribution < 1.29 is 13.2 Å². The van der Waals surface area contributed by atoms with Crippen LogP contribution in [0.3, 0.4) is 0 Å². The summed E-state index contributed by atoms with van der Waals surface area (Å²) in [5, 5.41) is 0.765. The van der Waals surface area contributed by atoms with Gasteiger partial charge in [-0.25, -0.2) is 8.42 Å². The highest BCUT2D eigenvalue weighted by atomic mass is 32.2. The molecule has 0 aliphatic carbocycles. The minimum absolute atomic E-state index is 0.330. The van der Waals surface area contributed by atoms with Crippen LogP contribution in [0.15, 0.2) is 12.0 Å². The zero-order chi connectivity index (χ0) is 6.62. The highest BCUT2D eigenvalue weighted by Gasteiger charge is 2.00. The van der Waals surface area contributed by atoms with Crippen LogP contribution < -0.4 is 0 Å². The second-order valence-corrected chi connectivity index (χ2v) is 3.16. The van der Waals surface area contributed by atoms with Gasteiger partial charge in [0.2, 0.25) is 0 Å². The molecule has 0 heterocycles. The number of hydrogen-bond acceptors (Lipinski definition) is 3. The molecule has 0 bridgehead atoms. The molecule has 46 valence electrons. The fourth-order valence-corrected chi connectivity index (χ4v) is 0.489. The van der Waals surface area contributed by atoms with E-state index in [1.807, 2.05) is 0 Å². The molecule has 0 aliphatic rings. The Labute approximate surface area is 47.9 Å². The molecular formula is C4H6O3S. The van der Waals surface area contributed by atoms with Crippen LogP contribution in [0.4, 0.5) is 0 Å². The molecule has 0 amide bonds. The van der Waals surface area contributed by atoms with Gasteiger partial charge in [0.05, 0.1) is 0 Å². The molecule has 0 N–H and O–H groups in total. The highest BCUT2D eigenvalue weighted by molar-refractivity contribution is 7.94. The molecule has 0 unspecified atom stereocenters. The quantitative estimate of drug-likeness (QED) is 0.500. The van der Waals surface area contributed by atoms with E-state index in [1.165, 1.54) is 0 Å². The van der Waals surface area contributed by atoms with E-state index >= 15 is 0 Å². The molecule has 0 aromatic heterocycles. The summed E-state index contributed by atoms with van der Waals surface area (Å²) < 4.78 is 20.5. The Bertz CT molecular complexity index is 177. The lowest BCUT2D eigenvalue weighted by molar-refractivity contribution is -0.105. The van der Waals surface area contributed by atoms with Gasteiger partial charge in [0.15, 0.2) is 9.84 Å². The second-order valence-electron chi connectivity index (χ2n) is 1.16. The number of sulfone groups is 1. The van der Waals surface area contributed by atoms with Crippen molar-refractivity contribution in [3.05, 3.63) is 12.0 Å². The van der Waals surface area contributed by atoms with Gasteiger partial charge in [-0.1, -0.05) is 6.58 Å². The summed E-state index contributed by atoms with van der Waals surface area (Å²) in [6.07, 6.45) is 0.330. The van der Waals surface area contributed by atoms with Crippen LogP contribution in [-0.4, -0.2) is 20.5 Å². The minimum atomic E-state index is -3.27. The van der Waals surface area contributed by atoms with E-state index in [0.717, 1.165) is 5.41 Å². The molecule has 0 aliphatic heterocycles. The molecule has 0 saturated carbocycles. The monoisotopic (exact) mass is 134 g/mol. The summed E-state index contributed by atoms with van der Waals surface area (Å²) in [5.74, 6) is -0.462. The lowest BCUT2D eigenvalue weighted by atomic mass is 10.9. The van der Waals surface area contributed by atoms with Crippen LogP contribution in [-0.2, 0) is 14.6 Å². The molecule has 0 spiro atoms. The van der Waals surface area contributed by atoms with Gasteiger partial charge in [0, 0.05) is 5.41 Å². The maximum absolute atomic E-state index is 10.2. The largest absolute Gasteiger partial charge is 0.302 e. The van der Waals surface area contributed by atoms with E-state index in [9.17, 15) is 13.2 Å². The van der Waals surface area contributed by atoms with E-state index in [2.05, 4.69) is 6.58 Å². The summed E-state index contributed by atoms with van der Waals surface area (Å²) in [7, 11) is -3.27. The Kier molecular flexibility index (Phi) is 2.41. The number of carbonyl (C=O) groups is 1. The third kappa shape index (κ3) is 2.52. The zero-order valence-corrected chi connectivity index (χ0v) is 5.02. The van der Waals surface area contributed by atoms with Crippen molar-refractivity contribution in [1.82, 2.24) is 0 Å². The predicted octanol–water partition coefficient (Wildman–Crippen LogP) is -0.256. The molecule has 0 aromatic rings. The average molecular weight is 134 g/mol. The van der Waals surface area contributed by atoms with Crippen molar-refractivity contribution in [3.63, 3.8) is 0 Å². The number of aldehydes is 1. The van der Waals surface area contributed by atoms with Gasteiger partial charge in [0.1, 0.15) is 12.0 Å². The summed E-state index contributed by atoms with van der Waals surface area (Å²) in [6, 6.07) is 0. The lowest BCUT2D eigenvalue weighted by Crippen LogP contribution is -2.01. The van der Waals surface area contributed by atoms with Gasteiger partial charge in [0.25, 0.3) is 0 Å². The Balaban J connectivity index is 4.15. The molecule has 4 heteroatoms. The van der Waals surface area contributed by atoms with Crippen LogP contribution in [0.1, 0.15) is 0 Å². The van der Waals surface area contributed by atoms with Crippen molar-refractivity contribution in [3.8, 4) is 0 Å². The molecule has 0 atom stereocenters. The first-order valence-corrected chi connectivity index (χ1v) is 3.63. The second kappa shape index (κ2) is 2.61. The summed E-state index contributed by atoms with van der Waals surface area (Å²) >= 11 is 0. The Morgan fingerprint density at radius 2 is 2.00 bits per heavy atom. The van der Waals surface area contributed by atoms with Crippen LogP contribution in [0.25, 0.3) is 0 Å². The van der Waals surface area contributed by atoms with E-state index in [4.69, 9.17) is 0 Å². The van der Waals surface area contributed by atoms with Gasteiger partial charge < -0.3 is 4.79 Å². The number of carbonyl (C=O) groups excluding carboxylic acids is 1. The van der Waals surface area contributed by atoms with Crippen molar-refractivity contribution in [2.75, 3.05) is 5.75 Å². The smallest absolute Gasteiger partial charge is 0.177 e. The fraction of sp³-hybridized carbons (Fsp3) is 0.250. The molecule has 8 heavy (non-hydrogen) atoms. The molecular weight excluding hydrogens is 128 g/mol. The molecule has 0 saturated heterocycles. The number of rotatable bonds is 3. The molecule has 0 radical (unpaired) electrons. The topological polar surface area (TPSA) is 51.2 Å². The molecule has 0 rings (SSSR count). The van der Waals surface area contributed by atoms with Crippen LogP contribution >= 0.6 is 0 Å². The van der Waals surface area contributed by atoms with Crippen molar-refractivity contribution >= 4 is 16.1 Å². The van der Waals surface area contributed by atoms with Crippen molar-refractivity contribution in [2.45, 2.75) is 0 Å². The van der Waals surface area contributed by atoms with Crippen LogP contribution in [0.5, 0.6) is 0 Å². The van der Waals surface area contributed by atoms with Gasteiger partial charge >= 0.3 is 0 Å². The maximum Gasteiger partial charge on any atom is 0.177 e. The first-order valence-electron chi connectivity index (χ1n) is 1.91. The van der Waals surface area contributed by atoms with Crippen LogP contribution in [0, 0.1) is 0 Å². The third-order valence-electron chi connectivity index (χ3n) is 0.554. The first kappa shape index (κ1) is 7.36. The fourth-order valence-electron chi connectivity index (χ4n) is 0.163. The molecule has 0 aromatic carbocycles. The minimum Gasteiger partial charge on any atom is -0.302 e. The standard InChI is InChI=1S/C4H6O3S/c1-2-8(6,7)4-3-5/h2-3H,1,4H2. The number of hydrogen-bond donors (Lipinski definition) is 0. The SMILES string of the molecule is C=CS(=O)(=O)CC=O. The Morgan fingerprint density at radius 3 is 2.12 bits per heavy atom. The summed E-state index contributed by atoms with van der Waals surface area (Å²) in [5.41, 5.74) is 0. The van der Waals surface area contributed by atoms with E-state index < -0.39 is 15.6 Å². The predicted molar refractivity (Wildman–Crippen MR) is 30.0 cm³/mol. The first-order chi connectivity index (χ1) is 3.62. The third-order valence-corrected chi connectivity index (χ3v) is 1.66. The van der Waals surface area contributed by atoms with Gasteiger partial charge in [-0.3, -0.25) is 0 Å². The summed E-state index contributed by atoms with van der Waals surface area (Å²) in [6.45, 7) is 3.00. The highest BCUT2D eigenvalue weighted by Crippen LogP contribution is 1.84. The van der Waals surface area contributed by atoms with Gasteiger partial charge in [-0.05, 0) is 0 Å². The maximum atomic E-state index is 10.2. The van der Waals surface area contributed by atoms with Gasteiger partial charge in [-0.2, -0.15) is 0 Å². The van der Waals surface area contributed by atoms with E-state index in [0.29, 0.717) is 6.29 Å². The zero-order valence-electron chi connectivity index (χ0n) is 4.20. The van der Waals surface area contributed by atoms with E-state index in [-0.39, 0.29) is 0 Å². The average Bonchev–Trinajstić information content (AvgIpc) is 1.67. The Morgan fingerprint density at radius 1 is 1.50 bits per heavy atom. The lowest BCUT2D eigenvalue weighted by Gasteiger charge is -1.83. The molecule has 0 fully saturated rings. The van der Waals surface area contributed by atoms with Gasteiger partial charge in [-0.15, -0.1) is 0 Å². The normalized spacial score (nSPS) is 10.5. The summed E-state index contributed by atoms with van der Waals surface area (Å²) in [4.78, 5) is 9.55. The van der Waals surface area contributed by atoms with E-state index in [1.54, 1.807) is 0 Å².